The first kappa shape index (κ1) is 17.3. The molecule has 122 valence electrons. The Morgan fingerprint density at radius 2 is 1.91 bits per heavy atom. The molecule has 0 spiro atoms. The van der Waals surface area contributed by atoms with E-state index in [-0.39, 0.29) is 5.91 Å². The molecule has 0 saturated carbocycles. The van der Waals surface area contributed by atoms with Crippen LogP contribution in [-0.4, -0.2) is 26.6 Å². The van der Waals surface area contributed by atoms with E-state index in [4.69, 9.17) is 16.3 Å². The van der Waals surface area contributed by atoms with Crippen molar-refractivity contribution >= 4 is 23.2 Å². The molecule has 0 aliphatic heterocycles. The Balaban J connectivity index is 1.93. The summed E-state index contributed by atoms with van der Waals surface area (Å²) in [5.74, 6) is 0.824. The van der Waals surface area contributed by atoms with Crippen molar-refractivity contribution in [3.05, 3.63) is 58.6 Å². The van der Waals surface area contributed by atoms with Crippen LogP contribution in [0.5, 0.6) is 5.75 Å². The van der Waals surface area contributed by atoms with Crippen molar-refractivity contribution in [3.63, 3.8) is 0 Å². The summed E-state index contributed by atoms with van der Waals surface area (Å²) in [5.41, 5.74) is 3.03. The minimum absolute atomic E-state index is 0.0311. The topological polar surface area (TPSA) is 42.8 Å². The standard InChI is InChI=1S/C18H21ClN2O2/c1-13-4-9-17(23-3)14(10-13)11-21(2)12-18(22)20-16-7-5-15(19)6-8-16/h4-10H,11-12H2,1-3H3,(H,20,22)/p+1. The molecule has 2 aromatic carbocycles. The average Bonchev–Trinajstić information content (AvgIpc) is 2.49. The maximum absolute atomic E-state index is 12.1. The first-order chi connectivity index (χ1) is 11.0. The fourth-order valence-electron chi connectivity index (χ4n) is 2.45. The van der Waals surface area contributed by atoms with Crippen LogP contribution in [0, 0.1) is 6.92 Å². The normalized spacial score (nSPS) is 11.8. The predicted octanol–water partition coefficient (Wildman–Crippen LogP) is 2.31. The van der Waals surface area contributed by atoms with Crippen LogP contribution in [0.3, 0.4) is 0 Å². The Labute approximate surface area is 142 Å². The third kappa shape index (κ3) is 5.27. The molecular weight excluding hydrogens is 312 g/mol. The third-order valence-corrected chi connectivity index (χ3v) is 3.77. The van der Waals surface area contributed by atoms with E-state index in [1.54, 1.807) is 31.4 Å². The van der Waals surface area contributed by atoms with Gasteiger partial charge in [0.1, 0.15) is 12.3 Å². The van der Waals surface area contributed by atoms with Crippen molar-refractivity contribution in [2.24, 2.45) is 0 Å². The molecule has 1 atom stereocenters. The van der Waals surface area contributed by atoms with Gasteiger partial charge in [-0.05, 0) is 43.3 Å². The Morgan fingerprint density at radius 3 is 2.57 bits per heavy atom. The lowest BCUT2D eigenvalue weighted by Crippen LogP contribution is -3.08. The van der Waals surface area contributed by atoms with Crippen LogP contribution in [0.1, 0.15) is 11.1 Å². The number of aryl methyl sites for hydroxylation is 1. The first-order valence-electron chi connectivity index (χ1n) is 7.48. The summed E-state index contributed by atoms with van der Waals surface area (Å²) in [6.45, 7) is 3.14. The molecule has 0 aliphatic rings. The zero-order valence-corrected chi connectivity index (χ0v) is 14.4. The average molecular weight is 334 g/mol. The van der Waals surface area contributed by atoms with Crippen LogP contribution in [0.2, 0.25) is 5.02 Å². The van der Waals surface area contributed by atoms with Crippen LogP contribution in [-0.2, 0) is 11.3 Å². The summed E-state index contributed by atoms with van der Waals surface area (Å²) in [5, 5.41) is 3.53. The number of anilines is 1. The smallest absolute Gasteiger partial charge is 0.279 e. The van der Waals surface area contributed by atoms with Crippen LogP contribution < -0.4 is 15.0 Å². The number of ether oxygens (including phenoxy) is 1. The van der Waals surface area contributed by atoms with Gasteiger partial charge >= 0.3 is 0 Å². The summed E-state index contributed by atoms with van der Waals surface area (Å²) < 4.78 is 5.39. The summed E-state index contributed by atoms with van der Waals surface area (Å²) in [6, 6.07) is 13.2. The van der Waals surface area contributed by atoms with Crippen molar-refractivity contribution in [1.29, 1.82) is 0 Å². The number of halogens is 1. The van der Waals surface area contributed by atoms with Crippen LogP contribution >= 0.6 is 11.6 Å². The van der Waals surface area contributed by atoms with Crippen LogP contribution in [0.25, 0.3) is 0 Å². The molecule has 0 saturated heterocycles. The lowest BCUT2D eigenvalue weighted by atomic mass is 10.1. The van der Waals surface area contributed by atoms with Gasteiger partial charge in [-0.3, -0.25) is 4.79 Å². The second kappa shape index (κ2) is 7.99. The van der Waals surface area contributed by atoms with E-state index in [2.05, 4.69) is 11.4 Å². The van der Waals surface area contributed by atoms with Gasteiger partial charge in [-0.2, -0.15) is 0 Å². The molecule has 4 nitrogen and oxygen atoms in total. The third-order valence-electron chi connectivity index (χ3n) is 3.52. The number of hydrogen-bond acceptors (Lipinski definition) is 2. The lowest BCUT2D eigenvalue weighted by Gasteiger charge is -2.16. The monoisotopic (exact) mass is 333 g/mol. The van der Waals surface area contributed by atoms with E-state index >= 15 is 0 Å². The van der Waals surface area contributed by atoms with Gasteiger partial charge in [-0.25, -0.2) is 0 Å². The number of amides is 1. The largest absolute Gasteiger partial charge is 0.496 e. The molecule has 0 aliphatic carbocycles. The van der Waals surface area contributed by atoms with E-state index in [1.807, 2.05) is 26.1 Å². The van der Waals surface area contributed by atoms with Gasteiger partial charge in [-0.15, -0.1) is 0 Å². The highest BCUT2D eigenvalue weighted by Crippen LogP contribution is 2.18. The lowest BCUT2D eigenvalue weighted by molar-refractivity contribution is -0.885. The Morgan fingerprint density at radius 1 is 1.22 bits per heavy atom. The fraction of sp³-hybridized carbons (Fsp3) is 0.278. The maximum atomic E-state index is 12.1. The molecule has 23 heavy (non-hydrogen) atoms. The number of carbonyl (C=O) groups excluding carboxylic acids is 1. The number of rotatable bonds is 6. The van der Waals surface area contributed by atoms with Gasteiger partial charge in [0.2, 0.25) is 0 Å². The zero-order valence-electron chi connectivity index (χ0n) is 13.7. The van der Waals surface area contributed by atoms with E-state index < -0.39 is 0 Å². The molecular formula is C18H22ClN2O2+. The van der Waals surface area contributed by atoms with E-state index in [9.17, 15) is 4.79 Å². The molecule has 0 fully saturated rings. The fourth-order valence-corrected chi connectivity index (χ4v) is 2.57. The molecule has 2 rings (SSSR count). The molecule has 0 heterocycles. The Hall–Kier alpha value is -2.04. The summed E-state index contributed by atoms with van der Waals surface area (Å²) in [4.78, 5) is 13.2. The van der Waals surface area contributed by atoms with Crippen molar-refractivity contribution in [1.82, 2.24) is 0 Å². The summed E-state index contributed by atoms with van der Waals surface area (Å²) >= 11 is 5.84. The second-order valence-corrected chi connectivity index (χ2v) is 6.12. The van der Waals surface area contributed by atoms with Gasteiger partial charge in [0.15, 0.2) is 6.54 Å². The SMILES string of the molecule is COc1ccc(C)cc1C[NH+](C)CC(=O)Nc1ccc(Cl)cc1. The number of quaternary nitrogens is 1. The minimum Gasteiger partial charge on any atom is -0.496 e. The summed E-state index contributed by atoms with van der Waals surface area (Å²) in [6.07, 6.45) is 0. The van der Waals surface area contributed by atoms with Gasteiger partial charge in [0, 0.05) is 16.3 Å². The van der Waals surface area contributed by atoms with E-state index in [1.165, 1.54) is 5.56 Å². The number of likely N-dealkylation sites (N-methyl/N-ethyl adjacent to an activating group) is 1. The number of methoxy groups -OCH3 is 1. The Bertz CT molecular complexity index is 671. The van der Waals surface area contributed by atoms with Gasteiger partial charge in [0.05, 0.1) is 14.2 Å². The Kier molecular flexibility index (Phi) is 6.02. The highest BCUT2D eigenvalue weighted by Gasteiger charge is 2.13. The predicted molar refractivity (Wildman–Crippen MR) is 93.3 cm³/mol. The van der Waals surface area contributed by atoms with Gasteiger partial charge in [0.25, 0.3) is 5.91 Å². The molecule has 2 aromatic rings. The molecule has 0 radical (unpaired) electrons. The first-order valence-corrected chi connectivity index (χ1v) is 7.86. The molecule has 2 N–H and O–H groups in total. The van der Waals surface area contributed by atoms with Crippen LogP contribution in [0.15, 0.2) is 42.5 Å². The van der Waals surface area contributed by atoms with E-state index in [0.717, 1.165) is 28.4 Å². The van der Waals surface area contributed by atoms with Gasteiger partial charge in [-0.1, -0.05) is 23.2 Å². The quantitative estimate of drug-likeness (QED) is 0.852. The molecule has 1 unspecified atom stereocenters. The van der Waals surface area contributed by atoms with Crippen LogP contribution in [0.4, 0.5) is 5.69 Å². The molecule has 5 heteroatoms. The van der Waals surface area contributed by atoms with Crippen molar-refractivity contribution < 1.29 is 14.4 Å². The van der Waals surface area contributed by atoms with Crippen molar-refractivity contribution in [3.8, 4) is 5.75 Å². The maximum Gasteiger partial charge on any atom is 0.279 e. The number of hydrogen-bond donors (Lipinski definition) is 2. The highest BCUT2D eigenvalue weighted by atomic mass is 35.5. The zero-order chi connectivity index (χ0) is 16.8. The number of benzene rings is 2. The van der Waals surface area contributed by atoms with Gasteiger partial charge < -0.3 is 15.0 Å². The van der Waals surface area contributed by atoms with E-state index in [0.29, 0.717) is 11.6 Å². The number of nitrogens with one attached hydrogen (secondary N) is 2. The number of carbonyl (C=O) groups is 1. The summed E-state index contributed by atoms with van der Waals surface area (Å²) in [7, 11) is 3.65. The second-order valence-electron chi connectivity index (χ2n) is 5.68. The minimum atomic E-state index is -0.0311. The van der Waals surface area contributed by atoms with Crippen molar-refractivity contribution in [2.45, 2.75) is 13.5 Å². The molecule has 1 amide bonds. The molecule has 0 bridgehead atoms. The molecule has 0 aromatic heterocycles. The highest BCUT2D eigenvalue weighted by molar-refractivity contribution is 6.30. The van der Waals surface area contributed by atoms with Crippen molar-refractivity contribution in [2.75, 3.05) is 26.0 Å².